The molecule has 3 amide bonds. The fourth-order valence-electron chi connectivity index (χ4n) is 5.96. The highest BCUT2D eigenvalue weighted by molar-refractivity contribution is 5.94. The van der Waals surface area contributed by atoms with Gasteiger partial charge in [0.05, 0.1) is 12.6 Å². The molecule has 0 atom stereocenters. The highest BCUT2D eigenvalue weighted by atomic mass is 16.5. The van der Waals surface area contributed by atoms with Crippen molar-refractivity contribution in [1.29, 1.82) is 0 Å². The number of aromatic nitrogens is 1. The number of ether oxygens (including phenoxy) is 2. The van der Waals surface area contributed by atoms with E-state index in [9.17, 15) is 9.59 Å². The number of hydrogen-bond acceptors (Lipinski definition) is 6. The molecule has 2 fully saturated rings. The van der Waals surface area contributed by atoms with Crippen LogP contribution < -0.4 is 10.1 Å². The first-order valence-electron chi connectivity index (χ1n) is 12.9. The van der Waals surface area contributed by atoms with Crippen molar-refractivity contribution in [1.82, 2.24) is 19.7 Å². The monoisotopic (exact) mass is 509 g/mol. The van der Waals surface area contributed by atoms with Crippen molar-refractivity contribution in [3.63, 3.8) is 0 Å². The predicted octanol–water partition coefficient (Wildman–Crippen LogP) is 3.57. The third-order valence-electron chi connectivity index (χ3n) is 8.00. The summed E-state index contributed by atoms with van der Waals surface area (Å²) < 4.78 is 10.4. The van der Waals surface area contributed by atoms with Crippen LogP contribution in [0.5, 0.6) is 5.88 Å². The molecule has 0 unspecified atom stereocenters. The van der Waals surface area contributed by atoms with Crippen LogP contribution in [0.15, 0.2) is 48.5 Å². The van der Waals surface area contributed by atoms with Crippen LogP contribution in [-0.4, -0.2) is 91.7 Å². The summed E-state index contributed by atoms with van der Waals surface area (Å²) in [6.07, 6.45) is 4.37. The van der Waals surface area contributed by atoms with Gasteiger partial charge < -0.3 is 24.6 Å². The third kappa shape index (κ3) is 5.57. The molecule has 1 saturated heterocycles. The molecule has 0 radical (unpaired) electrons. The van der Waals surface area contributed by atoms with Gasteiger partial charge in [0.15, 0.2) is 0 Å². The maximum absolute atomic E-state index is 13.6. The van der Waals surface area contributed by atoms with Crippen molar-refractivity contribution in [3.05, 3.63) is 54.1 Å². The normalized spacial score (nSPS) is 23.6. The summed E-state index contributed by atoms with van der Waals surface area (Å²) >= 11 is 0. The molecule has 0 bridgehead atoms. The number of benzene rings is 1. The molecule has 1 aliphatic heterocycles. The molecule has 4 rings (SSSR count). The molecule has 1 aromatic heterocycles. The van der Waals surface area contributed by atoms with E-state index in [0.717, 1.165) is 32.1 Å². The van der Waals surface area contributed by atoms with Crippen molar-refractivity contribution < 1.29 is 19.1 Å². The van der Waals surface area contributed by atoms with E-state index in [1.54, 1.807) is 30.2 Å². The summed E-state index contributed by atoms with van der Waals surface area (Å²) in [5, 5.41) is 2.80. The Morgan fingerprint density at radius 1 is 1.05 bits per heavy atom. The van der Waals surface area contributed by atoms with E-state index >= 15 is 0 Å². The maximum Gasteiger partial charge on any atom is 0.321 e. The fraction of sp³-hybridized carbons (Fsp3) is 0.536. The number of pyridine rings is 1. The van der Waals surface area contributed by atoms with E-state index in [2.05, 4.69) is 53.6 Å². The zero-order valence-corrected chi connectivity index (χ0v) is 22.4. The van der Waals surface area contributed by atoms with E-state index in [1.807, 2.05) is 11.0 Å². The minimum Gasteiger partial charge on any atom is -0.481 e. The predicted molar refractivity (Wildman–Crippen MR) is 143 cm³/mol. The highest BCUT2D eigenvalue weighted by Crippen LogP contribution is 2.48. The third-order valence-corrected chi connectivity index (χ3v) is 8.00. The quantitative estimate of drug-likeness (QED) is 0.493. The Kier molecular flexibility index (Phi) is 8.34. The summed E-state index contributed by atoms with van der Waals surface area (Å²) in [4.78, 5) is 36.8. The van der Waals surface area contributed by atoms with Crippen molar-refractivity contribution in [2.75, 3.05) is 59.9 Å². The Hall–Kier alpha value is -3.17. The van der Waals surface area contributed by atoms with Crippen LogP contribution >= 0.6 is 0 Å². The van der Waals surface area contributed by atoms with Gasteiger partial charge in [-0.1, -0.05) is 36.4 Å². The second-order valence-corrected chi connectivity index (χ2v) is 10.3. The zero-order valence-electron chi connectivity index (χ0n) is 22.4. The van der Waals surface area contributed by atoms with E-state index in [-0.39, 0.29) is 29.6 Å². The van der Waals surface area contributed by atoms with Crippen LogP contribution in [0.1, 0.15) is 37.7 Å². The summed E-state index contributed by atoms with van der Waals surface area (Å²) in [6.45, 7) is 1.73. The SMILES string of the molecule is COCCCN1C(=O)N(CC(=O)Nc2cccc(OC)n2)C[C@]12CC[C@@](c1ccccc1)(N(C)C)CC2. The number of methoxy groups -OCH3 is 2. The van der Waals surface area contributed by atoms with Gasteiger partial charge in [0.25, 0.3) is 0 Å². The minimum absolute atomic E-state index is 0.0161. The van der Waals surface area contributed by atoms with Gasteiger partial charge in [0.1, 0.15) is 12.4 Å². The smallest absolute Gasteiger partial charge is 0.321 e. The van der Waals surface area contributed by atoms with Crippen molar-refractivity contribution in [2.24, 2.45) is 0 Å². The lowest BCUT2D eigenvalue weighted by Gasteiger charge is -2.51. The summed E-state index contributed by atoms with van der Waals surface area (Å²) in [7, 11) is 7.49. The van der Waals surface area contributed by atoms with E-state index in [1.165, 1.54) is 12.7 Å². The Bertz CT molecular complexity index is 1070. The number of hydrogen-bond donors (Lipinski definition) is 1. The van der Waals surface area contributed by atoms with Crippen LogP contribution in [0.3, 0.4) is 0 Å². The van der Waals surface area contributed by atoms with Gasteiger partial charge in [0.2, 0.25) is 11.8 Å². The molecule has 1 N–H and O–H groups in total. The van der Waals surface area contributed by atoms with Gasteiger partial charge in [-0.05, 0) is 57.8 Å². The number of anilines is 1. The lowest BCUT2D eigenvalue weighted by atomic mass is 9.68. The van der Waals surface area contributed by atoms with Crippen molar-refractivity contribution in [2.45, 2.75) is 43.2 Å². The zero-order chi connectivity index (χ0) is 26.5. The first-order valence-corrected chi connectivity index (χ1v) is 12.9. The Morgan fingerprint density at radius 3 is 2.43 bits per heavy atom. The standard InChI is InChI=1S/C28H39N5O4/c1-31(2)28(22-10-6-5-7-11-22)16-14-27(15-17-28)21-32(26(35)33(27)18-9-19-36-3)20-24(34)29-23-12-8-13-25(30-23)37-4/h5-8,10-13H,9,14-21H2,1-4H3,(H,29,30,34)/t27-,28-. The average Bonchev–Trinajstić information content (AvgIpc) is 3.15. The van der Waals surface area contributed by atoms with E-state index in [4.69, 9.17) is 9.47 Å². The Morgan fingerprint density at radius 2 is 1.78 bits per heavy atom. The lowest BCUT2D eigenvalue weighted by Crippen LogP contribution is -2.55. The number of amides is 3. The van der Waals surface area contributed by atoms with Gasteiger partial charge in [-0.15, -0.1) is 0 Å². The first kappa shape index (κ1) is 26.9. The topological polar surface area (TPSA) is 87.2 Å². The summed E-state index contributed by atoms with van der Waals surface area (Å²) in [5.74, 6) is 0.549. The molecule has 2 aliphatic rings. The molecule has 2 heterocycles. The van der Waals surface area contributed by atoms with Crippen molar-refractivity contribution in [3.8, 4) is 5.88 Å². The Balaban J connectivity index is 1.51. The molecule has 9 heteroatoms. The number of urea groups is 1. The van der Waals surface area contributed by atoms with Crippen LogP contribution in [0, 0.1) is 0 Å². The molecule has 1 saturated carbocycles. The summed E-state index contributed by atoms with van der Waals surface area (Å²) in [5.41, 5.74) is 0.941. The second-order valence-electron chi connectivity index (χ2n) is 10.3. The van der Waals surface area contributed by atoms with Crippen LogP contribution in [0.25, 0.3) is 0 Å². The number of nitrogens with one attached hydrogen (secondary N) is 1. The largest absolute Gasteiger partial charge is 0.481 e. The molecule has 1 aromatic carbocycles. The molecule has 9 nitrogen and oxygen atoms in total. The Labute approximate surface area is 219 Å². The summed E-state index contributed by atoms with van der Waals surface area (Å²) in [6, 6.07) is 15.8. The van der Waals surface area contributed by atoms with Gasteiger partial charge in [-0.2, -0.15) is 4.98 Å². The minimum atomic E-state index is -0.298. The van der Waals surface area contributed by atoms with Gasteiger partial charge in [-0.3, -0.25) is 9.69 Å². The molecule has 1 spiro atoms. The van der Waals surface area contributed by atoms with Gasteiger partial charge >= 0.3 is 6.03 Å². The molecule has 1 aliphatic carbocycles. The van der Waals surface area contributed by atoms with Crippen molar-refractivity contribution >= 4 is 17.8 Å². The van der Waals surface area contributed by atoms with E-state index < -0.39 is 0 Å². The van der Waals surface area contributed by atoms with Gasteiger partial charge in [0, 0.05) is 38.4 Å². The number of carbonyl (C=O) groups is 2. The average molecular weight is 510 g/mol. The highest BCUT2D eigenvalue weighted by Gasteiger charge is 2.54. The van der Waals surface area contributed by atoms with Crippen LogP contribution in [-0.2, 0) is 15.1 Å². The number of rotatable bonds is 10. The molecular formula is C28H39N5O4. The fourth-order valence-corrected chi connectivity index (χ4v) is 5.96. The molecule has 2 aromatic rings. The number of nitrogens with zero attached hydrogens (tertiary/aromatic N) is 4. The molecule has 37 heavy (non-hydrogen) atoms. The van der Waals surface area contributed by atoms with Crippen LogP contribution in [0.2, 0.25) is 0 Å². The van der Waals surface area contributed by atoms with Gasteiger partial charge in [-0.25, -0.2) is 4.79 Å². The second kappa shape index (κ2) is 11.5. The van der Waals surface area contributed by atoms with E-state index in [0.29, 0.717) is 31.4 Å². The maximum atomic E-state index is 13.6. The molecule has 200 valence electrons. The van der Waals surface area contributed by atoms with Crippen LogP contribution in [0.4, 0.5) is 10.6 Å². The first-order chi connectivity index (χ1) is 17.8. The molecular weight excluding hydrogens is 470 g/mol. The number of carbonyl (C=O) groups excluding carboxylic acids is 2. The lowest BCUT2D eigenvalue weighted by molar-refractivity contribution is -0.116.